The molecule has 2 N–H and O–H groups in total. The molecule has 0 aliphatic carbocycles. The highest BCUT2D eigenvalue weighted by atomic mass is 79.9. The Morgan fingerprint density at radius 3 is 2.85 bits per heavy atom. The molecule has 0 radical (unpaired) electrons. The molecule has 2 amide bonds. The number of carbonyl (C=O) groups is 2. The standard InChI is InChI=1S/C14H16BrFN2O2/c1-2-11(8-5-9(15)7-10(16)6-8)18-14(20)12-3-4-13(19)17-12/h5-7,11-12H,2-4H2,1H3,(H,17,19)(H,18,20)/t11-,12-/m0/s1. The highest BCUT2D eigenvalue weighted by molar-refractivity contribution is 9.10. The van der Waals surface area contributed by atoms with Gasteiger partial charge in [0.05, 0.1) is 6.04 Å². The van der Waals surface area contributed by atoms with Crippen LogP contribution in [0.25, 0.3) is 0 Å². The fourth-order valence-electron chi connectivity index (χ4n) is 2.28. The van der Waals surface area contributed by atoms with Crippen molar-refractivity contribution in [2.24, 2.45) is 0 Å². The number of amides is 2. The Morgan fingerprint density at radius 1 is 1.55 bits per heavy atom. The van der Waals surface area contributed by atoms with Crippen molar-refractivity contribution in [2.75, 3.05) is 0 Å². The van der Waals surface area contributed by atoms with E-state index < -0.39 is 6.04 Å². The zero-order chi connectivity index (χ0) is 14.7. The first kappa shape index (κ1) is 15.0. The predicted octanol–water partition coefficient (Wildman–Crippen LogP) is 2.43. The molecule has 1 fully saturated rings. The summed E-state index contributed by atoms with van der Waals surface area (Å²) in [5, 5.41) is 5.48. The fourth-order valence-corrected chi connectivity index (χ4v) is 2.76. The zero-order valence-electron chi connectivity index (χ0n) is 11.1. The number of benzene rings is 1. The summed E-state index contributed by atoms with van der Waals surface area (Å²) in [6, 6.07) is 3.81. The van der Waals surface area contributed by atoms with Crippen molar-refractivity contribution in [2.45, 2.75) is 38.3 Å². The van der Waals surface area contributed by atoms with Crippen LogP contribution in [0, 0.1) is 5.82 Å². The number of nitrogens with one attached hydrogen (secondary N) is 2. The van der Waals surface area contributed by atoms with E-state index in [1.165, 1.54) is 12.1 Å². The van der Waals surface area contributed by atoms with Crippen LogP contribution in [0.2, 0.25) is 0 Å². The third-order valence-corrected chi connectivity index (χ3v) is 3.78. The maximum atomic E-state index is 13.4. The Morgan fingerprint density at radius 2 is 2.30 bits per heavy atom. The van der Waals surface area contributed by atoms with Gasteiger partial charge in [-0.25, -0.2) is 4.39 Å². The molecule has 0 saturated carbocycles. The van der Waals surface area contributed by atoms with Crippen molar-refractivity contribution >= 4 is 27.7 Å². The van der Waals surface area contributed by atoms with E-state index in [-0.39, 0.29) is 23.7 Å². The van der Waals surface area contributed by atoms with Gasteiger partial charge < -0.3 is 10.6 Å². The molecule has 1 aliphatic heterocycles. The zero-order valence-corrected chi connectivity index (χ0v) is 12.7. The van der Waals surface area contributed by atoms with Gasteiger partial charge in [0.15, 0.2) is 0 Å². The van der Waals surface area contributed by atoms with Crippen LogP contribution in [0.3, 0.4) is 0 Å². The number of hydrogen-bond donors (Lipinski definition) is 2. The predicted molar refractivity (Wildman–Crippen MR) is 76.4 cm³/mol. The molecular formula is C14H16BrFN2O2. The van der Waals surface area contributed by atoms with Gasteiger partial charge in [-0.15, -0.1) is 0 Å². The monoisotopic (exact) mass is 342 g/mol. The van der Waals surface area contributed by atoms with Gasteiger partial charge in [0.2, 0.25) is 11.8 Å². The third kappa shape index (κ3) is 3.56. The highest BCUT2D eigenvalue weighted by Crippen LogP contribution is 2.23. The summed E-state index contributed by atoms with van der Waals surface area (Å²) in [6.45, 7) is 1.91. The molecule has 1 heterocycles. The average Bonchev–Trinajstić information content (AvgIpc) is 2.81. The quantitative estimate of drug-likeness (QED) is 0.882. The normalized spacial score (nSPS) is 19.6. The van der Waals surface area contributed by atoms with Crippen molar-refractivity contribution in [1.82, 2.24) is 10.6 Å². The van der Waals surface area contributed by atoms with Crippen LogP contribution in [0.15, 0.2) is 22.7 Å². The minimum absolute atomic E-state index is 0.105. The molecule has 108 valence electrons. The molecule has 1 aromatic carbocycles. The molecule has 0 spiro atoms. The number of carbonyl (C=O) groups excluding carboxylic acids is 2. The Balaban J connectivity index is 2.08. The van der Waals surface area contributed by atoms with E-state index in [4.69, 9.17) is 0 Å². The average molecular weight is 343 g/mol. The second-order valence-electron chi connectivity index (χ2n) is 4.83. The number of rotatable bonds is 4. The first-order chi connectivity index (χ1) is 9.49. The van der Waals surface area contributed by atoms with Gasteiger partial charge in [-0.1, -0.05) is 22.9 Å². The van der Waals surface area contributed by atoms with Crippen molar-refractivity contribution < 1.29 is 14.0 Å². The van der Waals surface area contributed by atoms with E-state index in [1.807, 2.05) is 6.92 Å². The SMILES string of the molecule is CC[C@H](NC(=O)[C@@H]1CCC(=O)N1)c1cc(F)cc(Br)c1. The van der Waals surface area contributed by atoms with E-state index in [9.17, 15) is 14.0 Å². The van der Waals surface area contributed by atoms with Crippen LogP contribution < -0.4 is 10.6 Å². The van der Waals surface area contributed by atoms with Gasteiger partial charge in [0.25, 0.3) is 0 Å². The summed E-state index contributed by atoms with van der Waals surface area (Å²) in [5.74, 6) is -0.675. The van der Waals surface area contributed by atoms with E-state index in [2.05, 4.69) is 26.6 Å². The molecule has 4 nitrogen and oxygen atoms in total. The van der Waals surface area contributed by atoms with Crippen LogP contribution in [-0.4, -0.2) is 17.9 Å². The number of hydrogen-bond acceptors (Lipinski definition) is 2. The minimum Gasteiger partial charge on any atom is -0.348 e. The van der Waals surface area contributed by atoms with E-state index in [0.29, 0.717) is 29.3 Å². The molecule has 6 heteroatoms. The van der Waals surface area contributed by atoms with E-state index in [1.54, 1.807) is 6.07 Å². The molecule has 1 aliphatic rings. The van der Waals surface area contributed by atoms with Crippen LogP contribution in [0.4, 0.5) is 4.39 Å². The van der Waals surface area contributed by atoms with Gasteiger partial charge in [-0.2, -0.15) is 0 Å². The van der Waals surface area contributed by atoms with Crippen molar-refractivity contribution in [3.05, 3.63) is 34.1 Å². The molecule has 0 unspecified atom stereocenters. The summed E-state index contributed by atoms with van der Waals surface area (Å²) in [4.78, 5) is 23.2. The van der Waals surface area contributed by atoms with Crippen molar-refractivity contribution in [3.8, 4) is 0 Å². The summed E-state index contributed by atoms with van der Waals surface area (Å²) >= 11 is 3.24. The molecule has 2 rings (SSSR count). The lowest BCUT2D eigenvalue weighted by atomic mass is 10.0. The van der Waals surface area contributed by atoms with Crippen molar-refractivity contribution in [1.29, 1.82) is 0 Å². The molecular weight excluding hydrogens is 327 g/mol. The first-order valence-electron chi connectivity index (χ1n) is 6.55. The first-order valence-corrected chi connectivity index (χ1v) is 7.34. The third-order valence-electron chi connectivity index (χ3n) is 3.32. The van der Waals surface area contributed by atoms with Gasteiger partial charge in [-0.05, 0) is 36.6 Å². The maximum Gasteiger partial charge on any atom is 0.243 e. The Labute approximate surface area is 125 Å². The van der Waals surface area contributed by atoms with Gasteiger partial charge in [-0.3, -0.25) is 9.59 Å². The summed E-state index contributed by atoms with van der Waals surface area (Å²) < 4.78 is 14.0. The molecule has 20 heavy (non-hydrogen) atoms. The molecule has 1 saturated heterocycles. The Bertz CT molecular complexity index is 516. The number of halogens is 2. The molecule has 1 aromatic rings. The van der Waals surface area contributed by atoms with Gasteiger partial charge in [0.1, 0.15) is 11.9 Å². The lowest BCUT2D eigenvalue weighted by Crippen LogP contribution is -2.43. The molecule has 0 aromatic heterocycles. The lowest BCUT2D eigenvalue weighted by Gasteiger charge is -2.20. The van der Waals surface area contributed by atoms with E-state index >= 15 is 0 Å². The second-order valence-corrected chi connectivity index (χ2v) is 5.75. The lowest BCUT2D eigenvalue weighted by molar-refractivity contribution is -0.126. The van der Waals surface area contributed by atoms with Gasteiger partial charge in [0, 0.05) is 10.9 Å². The van der Waals surface area contributed by atoms with Gasteiger partial charge >= 0.3 is 0 Å². The summed E-state index contributed by atoms with van der Waals surface area (Å²) in [6.07, 6.45) is 1.52. The Kier molecular flexibility index (Phi) is 4.75. The van der Waals surface area contributed by atoms with E-state index in [0.717, 1.165) is 0 Å². The maximum absolute atomic E-state index is 13.4. The Hall–Kier alpha value is -1.43. The summed E-state index contributed by atoms with van der Waals surface area (Å²) in [5.41, 5.74) is 0.706. The van der Waals surface area contributed by atoms with Crippen molar-refractivity contribution in [3.63, 3.8) is 0 Å². The topological polar surface area (TPSA) is 58.2 Å². The van der Waals surface area contributed by atoms with Crippen LogP contribution >= 0.6 is 15.9 Å². The van der Waals surface area contributed by atoms with Crippen LogP contribution in [-0.2, 0) is 9.59 Å². The highest BCUT2D eigenvalue weighted by Gasteiger charge is 2.28. The molecule has 0 bridgehead atoms. The van der Waals surface area contributed by atoms with Crippen LogP contribution in [0.1, 0.15) is 37.8 Å². The second kappa shape index (κ2) is 6.35. The van der Waals surface area contributed by atoms with Crippen LogP contribution in [0.5, 0.6) is 0 Å². The minimum atomic E-state index is -0.478. The molecule has 2 atom stereocenters. The smallest absolute Gasteiger partial charge is 0.243 e. The summed E-state index contributed by atoms with van der Waals surface area (Å²) in [7, 11) is 0. The fraction of sp³-hybridized carbons (Fsp3) is 0.429. The largest absolute Gasteiger partial charge is 0.348 e.